The smallest absolute Gasteiger partial charge is 0.179 e. The molecule has 0 fully saturated rings. The number of Topliss-reactive ketones (excluding diaryl/α,β-unsaturated/α-hetero) is 1. The Labute approximate surface area is 101 Å². The van der Waals surface area contributed by atoms with E-state index >= 15 is 0 Å². The predicted molar refractivity (Wildman–Crippen MR) is 64.5 cm³/mol. The Morgan fingerprint density at radius 1 is 1.41 bits per heavy atom. The summed E-state index contributed by atoms with van der Waals surface area (Å²) in [6.07, 6.45) is 0. The van der Waals surface area contributed by atoms with Crippen LogP contribution in [-0.2, 0) is 0 Å². The van der Waals surface area contributed by atoms with E-state index in [0.717, 1.165) is 0 Å². The molecule has 0 saturated carbocycles. The fourth-order valence-corrected chi connectivity index (χ4v) is 1.56. The lowest BCUT2D eigenvalue weighted by atomic mass is 10.0. The number of hydrogen-bond donors (Lipinski definition) is 2. The van der Waals surface area contributed by atoms with Gasteiger partial charge in [0.15, 0.2) is 5.78 Å². The number of halogens is 1. The highest BCUT2D eigenvalue weighted by atomic mass is 19.1. The summed E-state index contributed by atoms with van der Waals surface area (Å²) >= 11 is 0. The highest BCUT2D eigenvalue weighted by Gasteiger charge is 2.23. The average Bonchev–Trinajstić information content (AvgIpc) is 2.28. The van der Waals surface area contributed by atoms with E-state index in [4.69, 9.17) is 5.11 Å². The highest BCUT2D eigenvalue weighted by Crippen LogP contribution is 2.09. The number of aliphatic hydroxyl groups excluding tert-OH is 1. The van der Waals surface area contributed by atoms with E-state index in [-0.39, 0.29) is 18.2 Å². The molecule has 1 aromatic rings. The van der Waals surface area contributed by atoms with E-state index in [1.807, 2.05) is 0 Å². The second-order valence-electron chi connectivity index (χ2n) is 4.78. The van der Waals surface area contributed by atoms with Crippen LogP contribution in [0, 0.1) is 5.82 Å². The van der Waals surface area contributed by atoms with Gasteiger partial charge < -0.3 is 10.4 Å². The molecule has 0 spiro atoms. The minimum atomic E-state index is -0.519. The summed E-state index contributed by atoms with van der Waals surface area (Å²) in [5, 5.41) is 12.1. The van der Waals surface area contributed by atoms with E-state index in [9.17, 15) is 9.18 Å². The number of benzene rings is 1. The summed E-state index contributed by atoms with van der Waals surface area (Å²) in [5.41, 5.74) is -0.0603. The van der Waals surface area contributed by atoms with Gasteiger partial charge in [0.1, 0.15) is 5.82 Å². The standard InChI is InChI=1S/C13H18FNO2/c1-9(15-13(2,3)8-16)12(17)10-4-6-11(14)7-5-10/h4-7,9,15-16H,8H2,1-3H3. The van der Waals surface area contributed by atoms with Gasteiger partial charge in [0.25, 0.3) is 0 Å². The molecule has 0 aliphatic heterocycles. The number of carbonyl (C=O) groups excluding carboxylic acids is 1. The van der Waals surface area contributed by atoms with Crippen LogP contribution in [0.4, 0.5) is 4.39 Å². The van der Waals surface area contributed by atoms with Crippen LogP contribution in [-0.4, -0.2) is 29.1 Å². The van der Waals surface area contributed by atoms with Gasteiger partial charge in [-0.25, -0.2) is 4.39 Å². The summed E-state index contributed by atoms with van der Waals surface area (Å²) < 4.78 is 12.7. The number of carbonyl (C=O) groups is 1. The molecule has 94 valence electrons. The van der Waals surface area contributed by atoms with Crippen molar-refractivity contribution >= 4 is 5.78 Å². The van der Waals surface area contributed by atoms with E-state index in [0.29, 0.717) is 5.56 Å². The first kappa shape index (κ1) is 13.8. The fourth-order valence-electron chi connectivity index (χ4n) is 1.56. The lowest BCUT2D eigenvalue weighted by molar-refractivity contribution is 0.0911. The second-order valence-corrected chi connectivity index (χ2v) is 4.78. The van der Waals surface area contributed by atoms with Gasteiger partial charge in [-0.05, 0) is 45.0 Å². The Kier molecular flexibility index (Phi) is 4.37. The van der Waals surface area contributed by atoms with Crippen molar-refractivity contribution in [1.29, 1.82) is 0 Å². The first-order valence-electron chi connectivity index (χ1n) is 5.54. The molecule has 0 bridgehead atoms. The predicted octanol–water partition coefficient (Wildman–Crippen LogP) is 1.76. The van der Waals surface area contributed by atoms with Gasteiger partial charge in [-0.3, -0.25) is 4.79 Å². The Morgan fingerprint density at radius 2 is 1.94 bits per heavy atom. The van der Waals surface area contributed by atoms with E-state index < -0.39 is 11.6 Å². The Bertz CT molecular complexity index is 387. The SMILES string of the molecule is CC(NC(C)(C)CO)C(=O)c1ccc(F)cc1. The summed E-state index contributed by atoms with van der Waals surface area (Å²) in [6.45, 7) is 5.28. The van der Waals surface area contributed by atoms with Gasteiger partial charge in [-0.1, -0.05) is 0 Å². The molecule has 4 heteroatoms. The second kappa shape index (κ2) is 5.38. The van der Waals surface area contributed by atoms with E-state index in [2.05, 4.69) is 5.32 Å². The van der Waals surface area contributed by atoms with Gasteiger partial charge in [-0.15, -0.1) is 0 Å². The van der Waals surface area contributed by atoms with Crippen molar-refractivity contribution in [3.05, 3.63) is 35.6 Å². The van der Waals surface area contributed by atoms with Crippen LogP contribution < -0.4 is 5.32 Å². The number of ketones is 1. The van der Waals surface area contributed by atoms with Crippen LogP contribution in [0.15, 0.2) is 24.3 Å². The highest BCUT2D eigenvalue weighted by molar-refractivity contribution is 5.99. The van der Waals surface area contributed by atoms with Gasteiger partial charge in [0, 0.05) is 11.1 Å². The van der Waals surface area contributed by atoms with Crippen molar-refractivity contribution in [1.82, 2.24) is 5.32 Å². The van der Waals surface area contributed by atoms with Crippen molar-refractivity contribution < 1.29 is 14.3 Å². The summed E-state index contributed by atoms with van der Waals surface area (Å²) in [5.74, 6) is -0.482. The van der Waals surface area contributed by atoms with Crippen LogP contribution in [0.25, 0.3) is 0 Å². The number of aliphatic hydroxyl groups is 1. The topological polar surface area (TPSA) is 49.3 Å². The number of hydrogen-bond acceptors (Lipinski definition) is 3. The van der Waals surface area contributed by atoms with Crippen LogP contribution >= 0.6 is 0 Å². The fraction of sp³-hybridized carbons (Fsp3) is 0.462. The zero-order valence-corrected chi connectivity index (χ0v) is 10.3. The summed E-state index contributed by atoms with van der Waals surface area (Å²) in [6, 6.07) is 5.01. The zero-order valence-electron chi connectivity index (χ0n) is 10.3. The van der Waals surface area contributed by atoms with Crippen molar-refractivity contribution in [3.8, 4) is 0 Å². The van der Waals surface area contributed by atoms with Crippen LogP contribution in [0.5, 0.6) is 0 Å². The van der Waals surface area contributed by atoms with Crippen LogP contribution in [0.3, 0.4) is 0 Å². The molecule has 0 saturated heterocycles. The molecule has 1 rings (SSSR count). The Hall–Kier alpha value is -1.26. The van der Waals surface area contributed by atoms with Crippen LogP contribution in [0.2, 0.25) is 0 Å². The molecular formula is C13H18FNO2. The molecule has 2 N–H and O–H groups in total. The van der Waals surface area contributed by atoms with Crippen molar-refractivity contribution in [3.63, 3.8) is 0 Å². The third kappa shape index (κ3) is 3.91. The van der Waals surface area contributed by atoms with Crippen LogP contribution in [0.1, 0.15) is 31.1 Å². The molecule has 1 aromatic carbocycles. The molecule has 0 aliphatic rings. The Balaban J connectivity index is 2.73. The molecule has 1 atom stereocenters. The minimum absolute atomic E-state index is 0.0615. The zero-order chi connectivity index (χ0) is 13.1. The maximum Gasteiger partial charge on any atom is 0.179 e. The van der Waals surface area contributed by atoms with Crippen molar-refractivity contribution in [2.45, 2.75) is 32.4 Å². The first-order valence-corrected chi connectivity index (χ1v) is 5.54. The maximum atomic E-state index is 12.7. The third-order valence-corrected chi connectivity index (χ3v) is 2.52. The first-order chi connectivity index (χ1) is 7.85. The third-order valence-electron chi connectivity index (χ3n) is 2.52. The summed E-state index contributed by atoms with van der Waals surface area (Å²) in [7, 11) is 0. The lowest BCUT2D eigenvalue weighted by Crippen LogP contribution is -2.50. The molecule has 0 aliphatic carbocycles. The van der Waals surface area contributed by atoms with Gasteiger partial charge >= 0.3 is 0 Å². The molecule has 0 heterocycles. The molecular weight excluding hydrogens is 221 g/mol. The monoisotopic (exact) mass is 239 g/mol. The van der Waals surface area contributed by atoms with Crippen molar-refractivity contribution in [2.75, 3.05) is 6.61 Å². The molecule has 1 unspecified atom stereocenters. The maximum absolute atomic E-state index is 12.7. The number of rotatable bonds is 5. The molecule has 17 heavy (non-hydrogen) atoms. The molecule has 0 aromatic heterocycles. The summed E-state index contributed by atoms with van der Waals surface area (Å²) in [4.78, 5) is 12.0. The van der Waals surface area contributed by atoms with Gasteiger partial charge in [0.2, 0.25) is 0 Å². The number of nitrogens with one attached hydrogen (secondary N) is 1. The van der Waals surface area contributed by atoms with Gasteiger partial charge in [-0.2, -0.15) is 0 Å². The minimum Gasteiger partial charge on any atom is -0.394 e. The van der Waals surface area contributed by atoms with E-state index in [1.54, 1.807) is 20.8 Å². The van der Waals surface area contributed by atoms with Crippen molar-refractivity contribution in [2.24, 2.45) is 0 Å². The normalized spacial score (nSPS) is 13.5. The quantitative estimate of drug-likeness (QED) is 0.770. The van der Waals surface area contributed by atoms with E-state index in [1.165, 1.54) is 24.3 Å². The molecule has 0 radical (unpaired) electrons. The molecule has 3 nitrogen and oxygen atoms in total. The Morgan fingerprint density at radius 3 is 2.41 bits per heavy atom. The molecule has 0 amide bonds. The largest absolute Gasteiger partial charge is 0.394 e. The average molecular weight is 239 g/mol. The lowest BCUT2D eigenvalue weighted by Gasteiger charge is -2.27. The van der Waals surface area contributed by atoms with Gasteiger partial charge in [0.05, 0.1) is 12.6 Å².